The molecule has 1 N–H and O–H groups in total. The molecule has 0 spiro atoms. The Kier molecular flexibility index (Phi) is 5.99. The van der Waals surface area contributed by atoms with Crippen molar-refractivity contribution in [2.24, 2.45) is 0 Å². The summed E-state index contributed by atoms with van der Waals surface area (Å²) in [4.78, 5) is 1.14. The van der Waals surface area contributed by atoms with Crippen molar-refractivity contribution in [1.82, 2.24) is 14.9 Å². The minimum absolute atomic E-state index is 0.177. The van der Waals surface area contributed by atoms with E-state index in [1.807, 2.05) is 26.0 Å². The van der Waals surface area contributed by atoms with Crippen LogP contribution in [0.3, 0.4) is 0 Å². The Morgan fingerprint density at radius 2 is 2.18 bits per heavy atom. The third kappa shape index (κ3) is 3.88. The number of methoxy groups -OCH3 is 1. The van der Waals surface area contributed by atoms with Crippen LogP contribution in [-0.4, -0.2) is 23.3 Å². The molecule has 1 heterocycles. The highest BCUT2D eigenvalue weighted by molar-refractivity contribution is 7.05. The Morgan fingerprint density at radius 1 is 1.41 bits per heavy atom. The molecule has 0 radical (unpaired) electrons. The van der Waals surface area contributed by atoms with Crippen molar-refractivity contribution in [2.75, 3.05) is 13.7 Å². The summed E-state index contributed by atoms with van der Waals surface area (Å²) in [5.41, 5.74) is 2.00. The highest BCUT2D eigenvalue weighted by Crippen LogP contribution is 2.36. The van der Waals surface area contributed by atoms with Gasteiger partial charge in [0.2, 0.25) is 0 Å². The molecule has 120 valence electrons. The number of aryl methyl sites for hydroxylation is 1. The van der Waals surface area contributed by atoms with E-state index >= 15 is 0 Å². The van der Waals surface area contributed by atoms with Gasteiger partial charge in [0.1, 0.15) is 0 Å². The number of nitrogens with one attached hydrogen (secondary N) is 1. The molecule has 22 heavy (non-hydrogen) atoms. The SMILES string of the molecule is CCOc1c(Cl)cc(CNC(C)c2snnc2C)cc1OC. The number of hydrogen-bond acceptors (Lipinski definition) is 6. The number of halogens is 1. The molecule has 1 aromatic carbocycles. The lowest BCUT2D eigenvalue weighted by Gasteiger charge is -2.15. The van der Waals surface area contributed by atoms with Crippen LogP contribution >= 0.6 is 23.1 Å². The molecule has 0 fully saturated rings. The highest BCUT2D eigenvalue weighted by Gasteiger charge is 2.14. The molecule has 2 aromatic rings. The number of rotatable bonds is 7. The van der Waals surface area contributed by atoms with Crippen molar-refractivity contribution in [3.63, 3.8) is 0 Å². The average Bonchev–Trinajstić information content (AvgIpc) is 2.93. The minimum Gasteiger partial charge on any atom is -0.493 e. The zero-order valence-corrected chi connectivity index (χ0v) is 14.7. The van der Waals surface area contributed by atoms with Crippen LogP contribution in [0.2, 0.25) is 5.02 Å². The molecule has 1 atom stereocenters. The van der Waals surface area contributed by atoms with Crippen molar-refractivity contribution in [2.45, 2.75) is 33.4 Å². The van der Waals surface area contributed by atoms with Gasteiger partial charge in [-0.2, -0.15) is 0 Å². The molecule has 0 aliphatic heterocycles. The number of aromatic nitrogens is 2. The average molecular weight is 342 g/mol. The Balaban J connectivity index is 2.10. The quantitative estimate of drug-likeness (QED) is 0.831. The Labute approximate surface area is 139 Å². The lowest BCUT2D eigenvalue weighted by Crippen LogP contribution is -2.18. The Hall–Kier alpha value is -1.37. The van der Waals surface area contributed by atoms with Crippen LogP contribution < -0.4 is 14.8 Å². The normalized spacial score (nSPS) is 12.2. The van der Waals surface area contributed by atoms with E-state index in [1.54, 1.807) is 7.11 Å². The third-order valence-corrected chi connectivity index (χ3v) is 4.56. The van der Waals surface area contributed by atoms with Crippen molar-refractivity contribution < 1.29 is 9.47 Å². The summed E-state index contributed by atoms with van der Waals surface area (Å²) in [6.07, 6.45) is 0. The first kappa shape index (κ1) is 17.0. The van der Waals surface area contributed by atoms with Gasteiger partial charge in [-0.05, 0) is 50.0 Å². The van der Waals surface area contributed by atoms with Crippen LogP contribution in [0.15, 0.2) is 12.1 Å². The van der Waals surface area contributed by atoms with Gasteiger partial charge in [-0.1, -0.05) is 16.1 Å². The lowest BCUT2D eigenvalue weighted by atomic mass is 10.1. The van der Waals surface area contributed by atoms with Gasteiger partial charge in [-0.25, -0.2) is 0 Å². The van der Waals surface area contributed by atoms with E-state index in [9.17, 15) is 0 Å². The zero-order valence-electron chi connectivity index (χ0n) is 13.1. The fourth-order valence-corrected chi connectivity index (χ4v) is 3.11. The first-order chi connectivity index (χ1) is 10.6. The van der Waals surface area contributed by atoms with E-state index in [4.69, 9.17) is 21.1 Å². The molecule has 1 unspecified atom stereocenters. The largest absolute Gasteiger partial charge is 0.493 e. The second-order valence-electron chi connectivity index (χ2n) is 4.87. The number of benzene rings is 1. The number of nitrogens with zero attached hydrogens (tertiary/aromatic N) is 2. The van der Waals surface area contributed by atoms with Crippen molar-refractivity contribution in [3.05, 3.63) is 33.3 Å². The maximum Gasteiger partial charge on any atom is 0.179 e. The smallest absolute Gasteiger partial charge is 0.179 e. The third-order valence-electron chi connectivity index (χ3n) is 3.27. The van der Waals surface area contributed by atoms with Gasteiger partial charge in [0.15, 0.2) is 11.5 Å². The van der Waals surface area contributed by atoms with Crippen LogP contribution in [0.1, 0.15) is 36.0 Å². The zero-order chi connectivity index (χ0) is 16.1. The lowest BCUT2D eigenvalue weighted by molar-refractivity contribution is 0.311. The van der Waals surface area contributed by atoms with E-state index in [-0.39, 0.29) is 6.04 Å². The molecular formula is C15H20ClN3O2S. The minimum atomic E-state index is 0.177. The van der Waals surface area contributed by atoms with E-state index in [0.717, 1.165) is 16.1 Å². The van der Waals surface area contributed by atoms with Gasteiger partial charge in [-0.3, -0.25) is 0 Å². The topological polar surface area (TPSA) is 56.3 Å². The molecule has 0 aliphatic rings. The van der Waals surface area contributed by atoms with Gasteiger partial charge in [-0.15, -0.1) is 5.10 Å². The molecular weight excluding hydrogens is 322 g/mol. The predicted octanol–water partition coefficient (Wildman–Crippen LogP) is 3.76. The molecule has 0 bridgehead atoms. The molecule has 5 nitrogen and oxygen atoms in total. The molecule has 1 aromatic heterocycles. The summed E-state index contributed by atoms with van der Waals surface area (Å²) in [6.45, 7) is 7.19. The fourth-order valence-electron chi connectivity index (χ4n) is 2.16. The molecule has 0 saturated heterocycles. The van der Waals surface area contributed by atoms with E-state index in [0.29, 0.717) is 29.7 Å². The van der Waals surface area contributed by atoms with Crippen LogP contribution in [-0.2, 0) is 6.54 Å². The Morgan fingerprint density at radius 3 is 2.77 bits per heavy atom. The van der Waals surface area contributed by atoms with E-state index < -0.39 is 0 Å². The van der Waals surface area contributed by atoms with Crippen LogP contribution in [0.4, 0.5) is 0 Å². The summed E-state index contributed by atoms with van der Waals surface area (Å²) < 4.78 is 14.8. The Bertz CT molecular complexity index is 633. The second-order valence-corrected chi connectivity index (χ2v) is 6.06. The maximum absolute atomic E-state index is 6.28. The first-order valence-electron chi connectivity index (χ1n) is 7.08. The monoisotopic (exact) mass is 341 g/mol. The fraction of sp³-hybridized carbons (Fsp3) is 0.467. The summed E-state index contributed by atoms with van der Waals surface area (Å²) >= 11 is 7.70. The predicted molar refractivity (Wildman–Crippen MR) is 89.1 cm³/mol. The van der Waals surface area contributed by atoms with Gasteiger partial charge in [0, 0.05) is 12.6 Å². The van der Waals surface area contributed by atoms with Crippen LogP contribution in [0.5, 0.6) is 11.5 Å². The first-order valence-corrected chi connectivity index (χ1v) is 8.23. The van der Waals surface area contributed by atoms with Crippen LogP contribution in [0, 0.1) is 6.92 Å². The number of hydrogen-bond donors (Lipinski definition) is 1. The van der Waals surface area contributed by atoms with Gasteiger partial charge in [0.25, 0.3) is 0 Å². The summed E-state index contributed by atoms with van der Waals surface area (Å²) in [6, 6.07) is 4.01. The maximum atomic E-state index is 6.28. The molecule has 0 saturated carbocycles. The van der Waals surface area contributed by atoms with Crippen LogP contribution in [0.25, 0.3) is 0 Å². The standard InChI is InChI=1S/C15H20ClN3O2S/c1-5-21-14-12(16)6-11(7-13(14)20-4)8-17-9(2)15-10(3)18-19-22-15/h6-7,9,17H,5,8H2,1-4H3. The molecule has 2 rings (SSSR count). The van der Waals surface area contributed by atoms with Crippen molar-refractivity contribution >= 4 is 23.1 Å². The van der Waals surface area contributed by atoms with Crippen molar-refractivity contribution in [3.8, 4) is 11.5 Å². The molecule has 0 amide bonds. The summed E-state index contributed by atoms with van der Waals surface area (Å²) in [5.74, 6) is 1.24. The van der Waals surface area contributed by atoms with Gasteiger partial charge >= 0.3 is 0 Å². The summed E-state index contributed by atoms with van der Waals surface area (Å²) in [5, 5.41) is 8.04. The molecule has 0 aliphatic carbocycles. The van der Waals surface area contributed by atoms with Crippen molar-refractivity contribution in [1.29, 1.82) is 0 Å². The second kappa shape index (κ2) is 7.76. The number of ether oxygens (including phenoxy) is 2. The van der Waals surface area contributed by atoms with Gasteiger partial charge < -0.3 is 14.8 Å². The summed E-state index contributed by atoms with van der Waals surface area (Å²) in [7, 11) is 1.61. The van der Waals surface area contributed by atoms with E-state index in [2.05, 4.69) is 21.8 Å². The molecule has 7 heteroatoms. The van der Waals surface area contributed by atoms with Gasteiger partial charge in [0.05, 0.1) is 29.3 Å². The highest BCUT2D eigenvalue weighted by atomic mass is 35.5. The van der Waals surface area contributed by atoms with E-state index in [1.165, 1.54) is 11.5 Å².